The van der Waals surface area contributed by atoms with Crippen molar-refractivity contribution in [2.45, 2.75) is 19.1 Å². The quantitative estimate of drug-likeness (QED) is 0.537. The van der Waals surface area contributed by atoms with Crippen molar-refractivity contribution in [3.8, 4) is 17.2 Å². The summed E-state index contributed by atoms with van der Waals surface area (Å²) >= 11 is 0. The Morgan fingerprint density at radius 1 is 1.06 bits per heavy atom. The summed E-state index contributed by atoms with van der Waals surface area (Å²) in [6.07, 6.45) is 2.20. The van der Waals surface area contributed by atoms with Crippen molar-refractivity contribution >= 4 is 27.6 Å². The van der Waals surface area contributed by atoms with Gasteiger partial charge in [-0.2, -0.15) is 0 Å². The lowest BCUT2D eigenvalue weighted by Crippen LogP contribution is -2.13. The number of nitrogens with one attached hydrogen (secondary N) is 1. The number of ether oxygens (including phenoxy) is 3. The highest BCUT2D eigenvalue weighted by Crippen LogP contribution is 2.31. The van der Waals surface area contributed by atoms with Crippen LogP contribution in [-0.4, -0.2) is 47.4 Å². The molecule has 0 unspecified atom stereocenters. The molecule has 2 N–H and O–H groups in total. The number of hydrogen-bond acceptors (Lipinski definition) is 7. The average molecular weight is 450 g/mol. The second-order valence-corrected chi connectivity index (χ2v) is 8.53. The van der Waals surface area contributed by atoms with E-state index in [1.165, 1.54) is 20.3 Å². The normalized spacial score (nSPS) is 11.4. The third kappa shape index (κ3) is 6.65. The van der Waals surface area contributed by atoms with E-state index in [-0.39, 0.29) is 12.3 Å². The third-order valence-electron chi connectivity index (χ3n) is 4.54. The maximum absolute atomic E-state index is 12.7. The lowest BCUT2D eigenvalue weighted by molar-refractivity contribution is -0.134. The van der Waals surface area contributed by atoms with Gasteiger partial charge in [-0.1, -0.05) is 13.0 Å². The van der Waals surface area contributed by atoms with Crippen LogP contribution in [0, 0.1) is 0 Å². The molecule has 0 fully saturated rings. The Kier molecular flexibility index (Phi) is 8.32. The Morgan fingerprint density at radius 2 is 1.77 bits per heavy atom. The van der Waals surface area contributed by atoms with Gasteiger partial charge in [-0.05, 0) is 41.8 Å². The lowest BCUT2D eigenvalue weighted by atomic mass is 10.0. The number of carboxylic acid groups (broad SMARTS) is 1. The summed E-state index contributed by atoms with van der Waals surface area (Å²) in [5.41, 5.74) is 2.47. The van der Waals surface area contributed by atoms with Crippen LogP contribution in [0.1, 0.15) is 23.6 Å². The first-order valence-corrected chi connectivity index (χ1v) is 11.2. The van der Waals surface area contributed by atoms with Gasteiger partial charge in [-0.3, -0.25) is 4.79 Å². The van der Waals surface area contributed by atoms with Crippen LogP contribution in [0.2, 0.25) is 0 Å². The molecule has 0 heterocycles. The summed E-state index contributed by atoms with van der Waals surface area (Å²) in [4.78, 5) is 10.8. The van der Waals surface area contributed by atoms with E-state index in [1.54, 1.807) is 31.4 Å². The molecular formula is C22H27NO7S. The maximum Gasteiger partial charge on any atom is 0.322 e. The summed E-state index contributed by atoms with van der Waals surface area (Å²) in [6.45, 7) is 1.65. The second-order valence-electron chi connectivity index (χ2n) is 6.65. The number of carboxylic acids is 1. The van der Waals surface area contributed by atoms with Crippen molar-refractivity contribution in [2.75, 3.05) is 33.2 Å². The second kappa shape index (κ2) is 10.7. The number of aliphatic carboxylic acids is 1. The summed E-state index contributed by atoms with van der Waals surface area (Å²) in [7, 11) is 0.909. The Morgan fingerprint density at radius 3 is 2.35 bits per heavy atom. The number of methoxy groups -OCH3 is 3. The molecule has 0 atom stereocenters. The Bertz CT molecular complexity index is 1040. The van der Waals surface area contributed by atoms with Crippen molar-refractivity contribution < 1.29 is 32.5 Å². The minimum Gasteiger partial charge on any atom is -0.497 e. The molecule has 2 aromatic rings. The molecule has 0 spiro atoms. The molecule has 2 aromatic carbocycles. The van der Waals surface area contributed by atoms with Crippen LogP contribution in [0.15, 0.2) is 35.7 Å². The van der Waals surface area contributed by atoms with Gasteiger partial charge in [-0.25, -0.2) is 8.42 Å². The Labute approximate surface area is 182 Å². The van der Waals surface area contributed by atoms with E-state index in [0.717, 1.165) is 11.0 Å². The van der Waals surface area contributed by atoms with Gasteiger partial charge in [0.15, 0.2) is 9.84 Å². The van der Waals surface area contributed by atoms with Gasteiger partial charge >= 0.3 is 5.97 Å². The smallest absolute Gasteiger partial charge is 0.322 e. The molecule has 0 radical (unpaired) electrons. The van der Waals surface area contributed by atoms with E-state index < -0.39 is 15.8 Å². The van der Waals surface area contributed by atoms with Crippen LogP contribution < -0.4 is 19.5 Å². The summed E-state index contributed by atoms with van der Waals surface area (Å²) in [5, 5.41) is 12.7. The van der Waals surface area contributed by atoms with Gasteiger partial charge in [0.05, 0.1) is 32.8 Å². The molecule has 168 valence electrons. The molecule has 0 aliphatic carbocycles. The zero-order valence-electron chi connectivity index (χ0n) is 18.0. The van der Waals surface area contributed by atoms with E-state index in [1.807, 2.05) is 13.0 Å². The Balaban J connectivity index is 2.31. The van der Waals surface area contributed by atoms with Crippen LogP contribution in [0.3, 0.4) is 0 Å². The summed E-state index contributed by atoms with van der Waals surface area (Å²) in [6, 6.07) is 8.34. The van der Waals surface area contributed by atoms with Gasteiger partial charge in [0.2, 0.25) is 0 Å². The highest BCUT2D eigenvalue weighted by molar-refractivity contribution is 7.93. The monoisotopic (exact) mass is 449 g/mol. The van der Waals surface area contributed by atoms with Gasteiger partial charge in [0.1, 0.15) is 23.8 Å². The van der Waals surface area contributed by atoms with E-state index in [9.17, 15) is 13.2 Å². The molecular weight excluding hydrogens is 422 g/mol. The highest BCUT2D eigenvalue weighted by atomic mass is 32.2. The number of carbonyl (C=O) groups is 1. The van der Waals surface area contributed by atoms with Crippen LogP contribution in [-0.2, 0) is 26.8 Å². The number of anilines is 1. The average Bonchev–Trinajstić information content (AvgIpc) is 2.75. The topological polar surface area (TPSA) is 111 Å². The van der Waals surface area contributed by atoms with Gasteiger partial charge in [0.25, 0.3) is 0 Å². The minimum absolute atomic E-state index is 0.255. The van der Waals surface area contributed by atoms with Gasteiger partial charge in [0, 0.05) is 17.0 Å². The fourth-order valence-corrected chi connectivity index (χ4v) is 4.11. The predicted molar refractivity (Wildman–Crippen MR) is 120 cm³/mol. The number of rotatable bonds is 11. The highest BCUT2D eigenvalue weighted by Gasteiger charge is 2.14. The largest absolute Gasteiger partial charge is 0.497 e. The van der Waals surface area contributed by atoms with Crippen molar-refractivity contribution in [2.24, 2.45) is 0 Å². The summed E-state index contributed by atoms with van der Waals surface area (Å²) < 4.78 is 41.3. The van der Waals surface area contributed by atoms with E-state index >= 15 is 0 Å². The molecule has 0 amide bonds. The molecule has 0 aliphatic rings. The Hall–Kier alpha value is -3.20. The number of benzene rings is 2. The first-order chi connectivity index (χ1) is 14.7. The zero-order chi connectivity index (χ0) is 23.0. The van der Waals surface area contributed by atoms with Gasteiger partial charge < -0.3 is 24.6 Å². The lowest BCUT2D eigenvalue weighted by Gasteiger charge is -2.13. The van der Waals surface area contributed by atoms with Crippen molar-refractivity contribution in [1.29, 1.82) is 0 Å². The molecule has 31 heavy (non-hydrogen) atoms. The van der Waals surface area contributed by atoms with E-state index in [4.69, 9.17) is 19.3 Å². The molecule has 0 aliphatic heterocycles. The molecule has 0 bridgehead atoms. The molecule has 0 aromatic heterocycles. The number of sulfone groups is 1. The standard InChI is InChI=1S/C22H27NO7S/c1-5-16-11-17(28-2)12-21(30-4)18(16)8-9-31(26,27)14-15-6-7-20(29-3)19(10-15)23-13-22(24)25/h6-12,23H,5,13-14H2,1-4H3,(H,24,25)/b9-8+. The fourth-order valence-electron chi connectivity index (χ4n) is 3.03. The molecule has 0 saturated heterocycles. The van der Waals surface area contributed by atoms with Gasteiger partial charge in [-0.15, -0.1) is 0 Å². The van der Waals surface area contributed by atoms with Crippen LogP contribution in [0.5, 0.6) is 17.2 Å². The number of aryl methyl sites for hydroxylation is 1. The summed E-state index contributed by atoms with van der Waals surface area (Å²) in [5.74, 6) is 0.284. The maximum atomic E-state index is 12.7. The van der Waals surface area contributed by atoms with Crippen LogP contribution in [0.25, 0.3) is 6.08 Å². The molecule has 8 nitrogen and oxygen atoms in total. The van der Waals surface area contributed by atoms with E-state index in [0.29, 0.717) is 40.5 Å². The first-order valence-electron chi connectivity index (χ1n) is 9.51. The van der Waals surface area contributed by atoms with Crippen LogP contribution >= 0.6 is 0 Å². The molecule has 0 saturated carbocycles. The molecule has 9 heteroatoms. The number of hydrogen-bond donors (Lipinski definition) is 2. The van der Waals surface area contributed by atoms with Crippen molar-refractivity contribution in [3.05, 3.63) is 52.4 Å². The fraction of sp³-hybridized carbons (Fsp3) is 0.318. The minimum atomic E-state index is -3.62. The van der Waals surface area contributed by atoms with Crippen LogP contribution in [0.4, 0.5) is 5.69 Å². The van der Waals surface area contributed by atoms with Crippen molar-refractivity contribution in [1.82, 2.24) is 0 Å². The van der Waals surface area contributed by atoms with Crippen molar-refractivity contribution in [3.63, 3.8) is 0 Å². The zero-order valence-corrected chi connectivity index (χ0v) is 18.8. The first kappa shape index (κ1) is 24.1. The van der Waals surface area contributed by atoms with E-state index in [2.05, 4.69) is 5.32 Å². The predicted octanol–water partition coefficient (Wildman–Crippen LogP) is 3.36. The molecule has 2 rings (SSSR count). The third-order valence-corrected chi connectivity index (χ3v) is 5.83. The SMILES string of the molecule is CCc1cc(OC)cc(OC)c1/C=C/S(=O)(=O)Cc1ccc(OC)c(NCC(=O)O)c1.